The third-order valence-electron chi connectivity index (χ3n) is 4.65. The van der Waals surface area contributed by atoms with Gasteiger partial charge in [-0.05, 0) is 42.7 Å². The molecule has 0 amide bonds. The Hall–Kier alpha value is -3.25. The lowest BCUT2D eigenvalue weighted by Gasteiger charge is -2.13. The van der Waals surface area contributed by atoms with Crippen molar-refractivity contribution in [3.05, 3.63) is 52.7 Å². The number of fused-ring (bicyclic) bond motifs is 1. The van der Waals surface area contributed by atoms with Crippen molar-refractivity contribution in [3.8, 4) is 11.8 Å². The molecule has 0 aliphatic rings. The summed E-state index contributed by atoms with van der Waals surface area (Å²) in [5.41, 5.74) is 7.52. The Morgan fingerprint density at radius 3 is 2.69 bits per heavy atom. The van der Waals surface area contributed by atoms with Crippen LogP contribution >= 0.6 is 0 Å². The van der Waals surface area contributed by atoms with Gasteiger partial charge in [-0.1, -0.05) is 6.07 Å². The summed E-state index contributed by atoms with van der Waals surface area (Å²) in [5, 5.41) is 9.37. The van der Waals surface area contributed by atoms with Gasteiger partial charge in [0.25, 0.3) is 0 Å². The maximum absolute atomic E-state index is 13.1. The van der Waals surface area contributed by atoms with Crippen molar-refractivity contribution in [1.29, 1.82) is 5.26 Å². The summed E-state index contributed by atoms with van der Waals surface area (Å²) in [6, 6.07) is 8.46. The number of rotatable bonds is 6. The number of nitrogen functional groups attached to an aromatic ring is 1. The largest absolute Gasteiger partial charge is 0.468 e. The summed E-state index contributed by atoms with van der Waals surface area (Å²) in [5.74, 6) is 0.718. The highest BCUT2D eigenvalue weighted by Crippen LogP contribution is 2.34. The molecule has 0 spiro atoms. The Balaban J connectivity index is 1.98. The number of hydrogen-bond donors (Lipinski definition) is 1. The van der Waals surface area contributed by atoms with Crippen LogP contribution in [0.15, 0.2) is 30.5 Å². The number of pyridine rings is 1. The molecular formula is C20H19F3N4O2. The minimum Gasteiger partial charge on any atom is -0.468 e. The predicted octanol–water partition coefficient (Wildman–Crippen LogP) is 4.04. The molecule has 3 rings (SSSR count). The number of nitrogens with zero attached hydrogens (tertiary/aromatic N) is 3. The van der Waals surface area contributed by atoms with Gasteiger partial charge in [-0.15, -0.1) is 0 Å². The molecule has 2 N–H and O–H groups in total. The van der Waals surface area contributed by atoms with Crippen LogP contribution in [0.4, 0.5) is 19.0 Å². The number of nitrogens with two attached hydrogens (primary N) is 1. The summed E-state index contributed by atoms with van der Waals surface area (Å²) in [6.45, 7) is 2.31. The molecule has 9 heteroatoms. The number of aromatic nitrogens is 2. The van der Waals surface area contributed by atoms with Crippen molar-refractivity contribution >= 4 is 16.9 Å². The summed E-state index contributed by atoms with van der Waals surface area (Å²) in [6.07, 6.45) is -3.35. The van der Waals surface area contributed by atoms with Gasteiger partial charge in [0.2, 0.25) is 0 Å². The molecule has 0 bridgehead atoms. The van der Waals surface area contributed by atoms with Crippen LogP contribution in [-0.2, 0) is 23.9 Å². The average molecular weight is 404 g/mol. The Labute approximate surface area is 165 Å². The number of ether oxygens (including phenoxy) is 2. The van der Waals surface area contributed by atoms with Crippen LogP contribution in [-0.4, -0.2) is 23.5 Å². The van der Waals surface area contributed by atoms with Gasteiger partial charge in [0, 0.05) is 19.9 Å². The van der Waals surface area contributed by atoms with Crippen LogP contribution < -0.4 is 10.5 Å². The first kappa shape index (κ1) is 20.5. The van der Waals surface area contributed by atoms with Gasteiger partial charge in [0.05, 0.1) is 11.1 Å². The number of halogens is 3. The minimum absolute atomic E-state index is 0.0719. The molecule has 0 saturated carbocycles. The lowest BCUT2D eigenvalue weighted by Crippen LogP contribution is -2.09. The smallest absolute Gasteiger partial charge is 0.417 e. The maximum Gasteiger partial charge on any atom is 0.417 e. The van der Waals surface area contributed by atoms with E-state index in [1.807, 2.05) is 31.2 Å². The van der Waals surface area contributed by atoms with Crippen molar-refractivity contribution in [2.75, 3.05) is 19.6 Å². The number of methoxy groups -OCH3 is 1. The second-order valence-corrected chi connectivity index (χ2v) is 6.50. The summed E-state index contributed by atoms with van der Waals surface area (Å²) in [4.78, 5) is 3.84. The van der Waals surface area contributed by atoms with Crippen LogP contribution in [0.25, 0.3) is 11.0 Å². The van der Waals surface area contributed by atoms with Gasteiger partial charge in [-0.3, -0.25) is 4.98 Å². The molecule has 29 heavy (non-hydrogen) atoms. The molecule has 2 aromatic heterocycles. The Kier molecular flexibility index (Phi) is 5.66. The topological polar surface area (TPSA) is 86.1 Å². The van der Waals surface area contributed by atoms with E-state index in [4.69, 9.17) is 15.2 Å². The fraction of sp³-hybridized carbons (Fsp3) is 0.300. The zero-order valence-electron chi connectivity index (χ0n) is 15.9. The molecule has 0 saturated heterocycles. The highest BCUT2D eigenvalue weighted by Gasteiger charge is 2.32. The molecule has 0 fully saturated rings. The van der Waals surface area contributed by atoms with Gasteiger partial charge in [-0.25, -0.2) is 0 Å². The lowest BCUT2D eigenvalue weighted by atomic mass is 10.1. The Morgan fingerprint density at radius 2 is 2.03 bits per heavy atom. The molecule has 6 nitrogen and oxygen atoms in total. The van der Waals surface area contributed by atoms with Crippen molar-refractivity contribution in [2.24, 2.45) is 0 Å². The van der Waals surface area contributed by atoms with E-state index in [1.54, 1.807) is 0 Å². The molecular weight excluding hydrogens is 385 g/mol. The van der Waals surface area contributed by atoms with E-state index in [-0.39, 0.29) is 35.8 Å². The van der Waals surface area contributed by atoms with Crippen molar-refractivity contribution in [1.82, 2.24) is 9.55 Å². The van der Waals surface area contributed by atoms with E-state index >= 15 is 0 Å². The summed E-state index contributed by atoms with van der Waals surface area (Å²) >= 11 is 0. The molecule has 1 aromatic carbocycles. The van der Waals surface area contributed by atoms with Gasteiger partial charge >= 0.3 is 6.18 Å². The molecule has 2 heterocycles. The first-order valence-corrected chi connectivity index (χ1v) is 8.72. The van der Waals surface area contributed by atoms with Crippen LogP contribution in [0.3, 0.4) is 0 Å². The molecule has 0 unspecified atom stereocenters. The van der Waals surface area contributed by atoms with E-state index in [0.29, 0.717) is 18.4 Å². The zero-order valence-corrected chi connectivity index (χ0v) is 15.9. The fourth-order valence-corrected chi connectivity index (χ4v) is 3.11. The standard InChI is InChI=1S/C20H19F3N4O2/c1-12-3-4-15(29-11-28-2)7-13(12)5-6-27-17-8-14(20(21,22)23)10-26-18(17)16(9-24)19(27)25/h3-4,7-8,10H,5-6,11,25H2,1-2H3. The van der Waals surface area contributed by atoms with Crippen LogP contribution in [0.1, 0.15) is 22.3 Å². The number of alkyl halides is 3. The number of hydrogen-bond acceptors (Lipinski definition) is 5. The van der Waals surface area contributed by atoms with E-state index in [0.717, 1.165) is 17.2 Å². The normalized spacial score (nSPS) is 11.6. The molecule has 0 aliphatic carbocycles. The first-order valence-electron chi connectivity index (χ1n) is 8.72. The number of aryl methyl sites for hydroxylation is 3. The van der Waals surface area contributed by atoms with Gasteiger partial charge < -0.3 is 19.8 Å². The second kappa shape index (κ2) is 8.01. The van der Waals surface area contributed by atoms with Crippen LogP contribution in [0.2, 0.25) is 0 Å². The molecule has 0 atom stereocenters. The first-order chi connectivity index (χ1) is 13.8. The molecule has 152 valence electrons. The Bertz CT molecular complexity index is 1080. The zero-order chi connectivity index (χ0) is 21.2. The maximum atomic E-state index is 13.1. The van der Waals surface area contributed by atoms with Crippen LogP contribution in [0.5, 0.6) is 5.75 Å². The predicted molar refractivity (Wildman–Crippen MR) is 101 cm³/mol. The quantitative estimate of drug-likeness (QED) is 0.627. The summed E-state index contributed by atoms with van der Waals surface area (Å²) < 4.78 is 51.2. The second-order valence-electron chi connectivity index (χ2n) is 6.50. The van der Waals surface area contributed by atoms with E-state index in [9.17, 15) is 18.4 Å². The van der Waals surface area contributed by atoms with Gasteiger partial charge in [0.15, 0.2) is 6.79 Å². The number of nitriles is 1. The molecule has 3 aromatic rings. The SMILES string of the molecule is COCOc1ccc(C)c(CCn2c(N)c(C#N)c3ncc(C(F)(F)F)cc32)c1. The van der Waals surface area contributed by atoms with Gasteiger partial charge in [0.1, 0.15) is 28.7 Å². The minimum atomic E-state index is -4.54. The third-order valence-corrected chi connectivity index (χ3v) is 4.65. The van der Waals surface area contributed by atoms with E-state index in [1.165, 1.54) is 11.7 Å². The molecule has 0 aliphatic heterocycles. The van der Waals surface area contributed by atoms with E-state index in [2.05, 4.69) is 4.98 Å². The van der Waals surface area contributed by atoms with Crippen molar-refractivity contribution < 1.29 is 22.6 Å². The highest BCUT2D eigenvalue weighted by atomic mass is 19.4. The lowest BCUT2D eigenvalue weighted by molar-refractivity contribution is -0.137. The fourth-order valence-electron chi connectivity index (χ4n) is 3.11. The third kappa shape index (κ3) is 4.12. The number of benzene rings is 1. The number of anilines is 1. The van der Waals surface area contributed by atoms with Crippen molar-refractivity contribution in [3.63, 3.8) is 0 Å². The monoisotopic (exact) mass is 404 g/mol. The van der Waals surface area contributed by atoms with Crippen LogP contribution in [0, 0.1) is 18.3 Å². The highest BCUT2D eigenvalue weighted by molar-refractivity contribution is 5.89. The van der Waals surface area contributed by atoms with E-state index < -0.39 is 11.7 Å². The van der Waals surface area contributed by atoms with Gasteiger partial charge in [-0.2, -0.15) is 18.4 Å². The Morgan fingerprint density at radius 1 is 1.28 bits per heavy atom. The van der Waals surface area contributed by atoms with Crippen molar-refractivity contribution in [2.45, 2.75) is 26.1 Å². The average Bonchev–Trinajstić information content (AvgIpc) is 2.95. The summed E-state index contributed by atoms with van der Waals surface area (Å²) in [7, 11) is 1.52. The molecule has 0 radical (unpaired) electrons.